The first-order valence-corrected chi connectivity index (χ1v) is 14.5. The number of rotatable bonds is 6. The average molecular weight is 510 g/mol. The number of H-pyrrole nitrogens is 1. The molecule has 0 bridgehead atoms. The fraction of sp³-hybridized carbons (Fsp3) is 0.464. The second-order valence-corrected chi connectivity index (χ2v) is 12.0. The SMILES string of the molecule is Cc1cc(CO)ccc1-c1cc2ccc(S(=O)(=O)N[C@H]3CC[C@H](C(=O)N4CCCCC4)CC3)cc2[nH]1. The summed E-state index contributed by atoms with van der Waals surface area (Å²) in [5, 5.41) is 10.3. The lowest BCUT2D eigenvalue weighted by molar-refractivity contribution is -0.137. The summed E-state index contributed by atoms with van der Waals surface area (Å²) in [6.45, 7) is 3.72. The predicted molar refractivity (Wildman–Crippen MR) is 141 cm³/mol. The molecule has 1 saturated heterocycles. The highest BCUT2D eigenvalue weighted by Crippen LogP contribution is 2.30. The third-order valence-corrected chi connectivity index (χ3v) is 9.25. The third-order valence-electron chi connectivity index (χ3n) is 7.73. The van der Waals surface area contributed by atoms with Crippen LogP contribution in [0.4, 0.5) is 0 Å². The number of aromatic amines is 1. The summed E-state index contributed by atoms with van der Waals surface area (Å²) >= 11 is 0. The number of amides is 1. The molecule has 1 aromatic heterocycles. The average Bonchev–Trinajstić information content (AvgIpc) is 3.32. The van der Waals surface area contributed by atoms with Gasteiger partial charge in [-0.3, -0.25) is 4.79 Å². The molecule has 5 rings (SSSR count). The lowest BCUT2D eigenvalue weighted by atomic mass is 9.85. The number of piperidine rings is 1. The normalized spacial score (nSPS) is 21.1. The van der Waals surface area contributed by atoms with Crippen LogP contribution in [-0.2, 0) is 21.4 Å². The molecule has 0 spiro atoms. The molecule has 8 heteroatoms. The van der Waals surface area contributed by atoms with Gasteiger partial charge in [-0.25, -0.2) is 13.1 Å². The Kier molecular flexibility index (Phi) is 7.19. The van der Waals surface area contributed by atoms with Gasteiger partial charge in [0.25, 0.3) is 0 Å². The topological polar surface area (TPSA) is 102 Å². The monoisotopic (exact) mass is 509 g/mol. The zero-order valence-corrected chi connectivity index (χ0v) is 21.6. The molecule has 2 heterocycles. The summed E-state index contributed by atoms with van der Waals surface area (Å²) in [5.41, 5.74) is 4.58. The number of carbonyl (C=O) groups is 1. The Hall–Kier alpha value is -2.68. The molecule has 2 aliphatic rings. The smallest absolute Gasteiger partial charge is 0.240 e. The molecular weight excluding hydrogens is 474 g/mol. The zero-order chi connectivity index (χ0) is 25.3. The van der Waals surface area contributed by atoms with Gasteiger partial charge in [0.2, 0.25) is 15.9 Å². The van der Waals surface area contributed by atoms with Gasteiger partial charge >= 0.3 is 0 Å². The molecule has 36 heavy (non-hydrogen) atoms. The van der Waals surface area contributed by atoms with E-state index in [1.807, 2.05) is 42.2 Å². The van der Waals surface area contributed by atoms with Crippen molar-refractivity contribution in [3.05, 3.63) is 53.6 Å². The van der Waals surface area contributed by atoms with E-state index < -0.39 is 10.0 Å². The Morgan fingerprint density at radius 1 is 1.03 bits per heavy atom. The van der Waals surface area contributed by atoms with E-state index in [1.54, 1.807) is 12.1 Å². The van der Waals surface area contributed by atoms with E-state index in [9.17, 15) is 18.3 Å². The number of fused-ring (bicyclic) bond motifs is 1. The maximum Gasteiger partial charge on any atom is 0.240 e. The summed E-state index contributed by atoms with van der Waals surface area (Å²) < 4.78 is 29.3. The van der Waals surface area contributed by atoms with Gasteiger partial charge in [0.15, 0.2) is 0 Å². The third kappa shape index (κ3) is 5.21. The number of nitrogens with zero attached hydrogens (tertiary/aromatic N) is 1. The number of carbonyl (C=O) groups excluding carboxylic acids is 1. The maximum atomic E-state index is 13.2. The molecule has 3 N–H and O–H groups in total. The zero-order valence-electron chi connectivity index (χ0n) is 20.8. The quantitative estimate of drug-likeness (QED) is 0.456. The number of aliphatic hydroxyl groups excluding tert-OH is 1. The van der Waals surface area contributed by atoms with Crippen LogP contribution in [0.2, 0.25) is 0 Å². The van der Waals surface area contributed by atoms with Gasteiger partial charge in [-0.1, -0.05) is 24.3 Å². The van der Waals surface area contributed by atoms with Gasteiger partial charge in [-0.2, -0.15) is 0 Å². The molecule has 1 saturated carbocycles. The number of hydrogen-bond donors (Lipinski definition) is 3. The summed E-state index contributed by atoms with van der Waals surface area (Å²) in [5.74, 6) is 0.276. The predicted octanol–water partition coefficient (Wildman–Crippen LogP) is 4.49. The van der Waals surface area contributed by atoms with E-state index in [1.165, 1.54) is 6.42 Å². The van der Waals surface area contributed by atoms with Crippen LogP contribution in [-0.4, -0.2) is 48.4 Å². The van der Waals surface area contributed by atoms with Crippen LogP contribution in [0.1, 0.15) is 56.1 Å². The molecule has 1 amide bonds. The van der Waals surface area contributed by atoms with Crippen LogP contribution in [0.5, 0.6) is 0 Å². The number of hydrogen-bond acceptors (Lipinski definition) is 4. The Morgan fingerprint density at radius 2 is 1.78 bits per heavy atom. The van der Waals surface area contributed by atoms with Gasteiger partial charge in [0, 0.05) is 47.2 Å². The van der Waals surface area contributed by atoms with Gasteiger partial charge in [-0.15, -0.1) is 0 Å². The van der Waals surface area contributed by atoms with E-state index >= 15 is 0 Å². The lowest BCUT2D eigenvalue weighted by Gasteiger charge is -2.34. The summed E-state index contributed by atoms with van der Waals surface area (Å²) in [6, 6.07) is 12.8. The van der Waals surface area contributed by atoms with Crippen LogP contribution in [0.15, 0.2) is 47.4 Å². The molecule has 0 radical (unpaired) electrons. The maximum absolute atomic E-state index is 13.2. The van der Waals surface area contributed by atoms with Crippen molar-refractivity contribution < 1.29 is 18.3 Å². The number of aliphatic hydroxyl groups is 1. The van der Waals surface area contributed by atoms with Crippen molar-refractivity contribution in [2.45, 2.75) is 69.4 Å². The first-order valence-electron chi connectivity index (χ1n) is 13.0. The van der Waals surface area contributed by atoms with Crippen molar-refractivity contribution in [2.75, 3.05) is 13.1 Å². The molecule has 7 nitrogen and oxygen atoms in total. The number of aromatic nitrogens is 1. The Morgan fingerprint density at radius 3 is 2.47 bits per heavy atom. The number of sulfonamides is 1. The highest BCUT2D eigenvalue weighted by atomic mass is 32.2. The van der Waals surface area contributed by atoms with Crippen molar-refractivity contribution in [3.63, 3.8) is 0 Å². The van der Waals surface area contributed by atoms with Crippen LogP contribution in [0.3, 0.4) is 0 Å². The first-order chi connectivity index (χ1) is 17.3. The van der Waals surface area contributed by atoms with E-state index in [4.69, 9.17) is 0 Å². The summed E-state index contributed by atoms with van der Waals surface area (Å²) in [4.78, 5) is 18.4. The van der Waals surface area contributed by atoms with Crippen molar-refractivity contribution in [3.8, 4) is 11.3 Å². The molecule has 0 atom stereocenters. The fourth-order valence-corrected chi connectivity index (χ4v) is 6.99. The molecule has 192 valence electrons. The van der Waals surface area contributed by atoms with Crippen LogP contribution in [0, 0.1) is 12.8 Å². The van der Waals surface area contributed by atoms with Gasteiger partial charge < -0.3 is 15.0 Å². The first kappa shape index (κ1) is 25.0. The molecule has 2 fully saturated rings. The lowest BCUT2D eigenvalue weighted by Crippen LogP contribution is -2.43. The fourth-order valence-electron chi connectivity index (χ4n) is 5.66. The van der Waals surface area contributed by atoms with E-state index in [0.29, 0.717) is 12.8 Å². The Labute approximate surface area is 213 Å². The van der Waals surface area contributed by atoms with Crippen LogP contribution in [0.25, 0.3) is 22.2 Å². The summed E-state index contributed by atoms with van der Waals surface area (Å²) in [6.07, 6.45) is 6.20. The highest BCUT2D eigenvalue weighted by molar-refractivity contribution is 7.89. The highest BCUT2D eigenvalue weighted by Gasteiger charge is 2.32. The standard InChI is InChI=1S/C28H35N3O4S/c1-19-15-20(18-32)5-12-25(19)27-16-22-8-11-24(17-26(22)29-27)36(34,35)30-23-9-6-21(7-10-23)28(33)31-13-3-2-4-14-31/h5,8,11-12,15-17,21,23,29-30,32H,2-4,6-7,9-10,13-14,18H2,1H3/t21-,23-. The molecular formula is C28H35N3O4S. The largest absolute Gasteiger partial charge is 0.392 e. The van der Waals surface area contributed by atoms with E-state index in [2.05, 4.69) is 9.71 Å². The van der Waals surface area contributed by atoms with Crippen molar-refractivity contribution in [1.29, 1.82) is 0 Å². The molecule has 3 aromatic rings. The molecule has 1 aliphatic carbocycles. The van der Waals surface area contributed by atoms with Gasteiger partial charge in [0.1, 0.15) is 0 Å². The van der Waals surface area contributed by atoms with Crippen molar-refractivity contribution in [1.82, 2.24) is 14.6 Å². The van der Waals surface area contributed by atoms with Gasteiger partial charge in [0.05, 0.1) is 11.5 Å². The van der Waals surface area contributed by atoms with E-state index in [-0.39, 0.29) is 29.4 Å². The van der Waals surface area contributed by atoms with Gasteiger partial charge in [-0.05, 0) is 81.2 Å². The van der Waals surface area contributed by atoms with Crippen molar-refractivity contribution >= 4 is 26.8 Å². The second-order valence-electron chi connectivity index (χ2n) is 10.3. The van der Waals surface area contributed by atoms with Crippen molar-refractivity contribution in [2.24, 2.45) is 5.92 Å². The summed E-state index contributed by atoms with van der Waals surface area (Å²) in [7, 11) is -3.68. The number of nitrogens with one attached hydrogen (secondary N) is 2. The molecule has 2 aromatic carbocycles. The molecule has 0 unspecified atom stereocenters. The molecule has 1 aliphatic heterocycles. The Bertz CT molecular complexity index is 1350. The second kappa shape index (κ2) is 10.4. The van der Waals surface area contributed by atoms with Crippen LogP contribution >= 0.6 is 0 Å². The Balaban J connectivity index is 1.26. The minimum atomic E-state index is -3.68. The minimum absolute atomic E-state index is 0.00154. The van der Waals surface area contributed by atoms with E-state index in [0.717, 1.165) is 72.1 Å². The number of aryl methyl sites for hydroxylation is 1. The number of benzene rings is 2. The van der Waals surface area contributed by atoms with Crippen LogP contribution < -0.4 is 4.72 Å². The minimum Gasteiger partial charge on any atom is -0.392 e. The number of likely N-dealkylation sites (tertiary alicyclic amines) is 1.